The molecule has 19 heavy (non-hydrogen) atoms. The van der Waals surface area contributed by atoms with Crippen molar-refractivity contribution in [2.75, 3.05) is 12.8 Å². The van der Waals surface area contributed by atoms with Crippen LogP contribution in [0.4, 0.5) is 10.1 Å². The summed E-state index contributed by atoms with van der Waals surface area (Å²) in [6.07, 6.45) is 4.44. The highest BCUT2D eigenvalue weighted by Gasteiger charge is 2.05. The third-order valence-corrected chi connectivity index (χ3v) is 2.23. The molecule has 1 aromatic carbocycles. The molecule has 1 aromatic heterocycles. The van der Waals surface area contributed by atoms with Gasteiger partial charge in [0.1, 0.15) is 17.8 Å². The monoisotopic (exact) mass is 281 g/mol. The summed E-state index contributed by atoms with van der Waals surface area (Å²) in [5.74, 6) is -0.292. The number of aldehydes is 1. The topological polar surface area (TPSA) is 65.2 Å². The number of hydrogen-bond acceptors (Lipinski definition) is 4. The van der Waals surface area contributed by atoms with E-state index >= 15 is 0 Å². The minimum atomic E-state index is -0.556. The Balaban J connectivity index is 0.000000200. The predicted molar refractivity (Wildman–Crippen MR) is 70.8 cm³/mol. The molecule has 99 valence electrons. The lowest BCUT2D eigenvalue weighted by Gasteiger charge is -2.01. The highest BCUT2D eigenvalue weighted by molar-refractivity contribution is 6.30. The minimum absolute atomic E-state index is 0.0324. The summed E-state index contributed by atoms with van der Waals surface area (Å²) >= 11 is 5.48. The van der Waals surface area contributed by atoms with Crippen molar-refractivity contribution in [1.29, 1.82) is 0 Å². The lowest BCUT2D eigenvalue weighted by atomic mass is 10.2. The summed E-state index contributed by atoms with van der Waals surface area (Å²) in [7, 11) is 1.39. The number of halogens is 2. The van der Waals surface area contributed by atoms with E-state index in [2.05, 4.69) is 11.2 Å². The first kappa shape index (κ1) is 14.9. The molecular weight excluding hydrogens is 271 g/mol. The van der Waals surface area contributed by atoms with Gasteiger partial charge in [-0.1, -0.05) is 17.7 Å². The zero-order valence-corrected chi connectivity index (χ0v) is 10.8. The van der Waals surface area contributed by atoms with Crippen LogP contribution in [0.15, 0.2) is 30.5 Å². The SMILES string of the molecule is COc1cccc(F)c1C=O.Nc1[c]ncc(Cl)c1. The van der Waals surface area contributed by atoms with Crippen LogP contribution in [0.1, 0.15) is 10.4 Å². The molecular formula is C13H11ClFN2O2. The van der Waals surface area contributed by atoms with Crippen LogP contribution in [0.5, 0.6) is 5.75 Å². The Morgan fingerprint density at radius 3 is 2.68 bits per heavy atom. The third kappa shape index (κ3) is 4.56. The Hall–Kier alpha value is -2.14. The van der Waals surface area contributed by atoms with E-state index in [0.29, 0.717) is 17.0 Å². The summed E-state index contributed by atoms with van der Waals surface area (Å²) < 4.78 is 17.5. The smallest absolute Gasteiger partial charge is 0.156 e. The molecule has 2 aromatic rings. The van der Waals surface area contributed by atoms with Crippen molar-refractivity contribution in [2.24, 2.45) is 0 Å². The van der Waals surface area contributed by atoms with Gasteiger partial charge in [-0.3, -0.25) is 9.78 Å². The standard InChI is InChI=1S/C8H7FO2.C5H4ClN2/c1-11-8-4-2-3-7(9)6(8)5-10;6-4-1-5(7)3-8-2-4/h2-5H,1H3;1-2H,7H2. The number of nitrogens with two attached hydrogens (primary N) is 1. The molecule has 0 aliphatic carbocycles. The molecule has 6 heteroatoms. The van der Waals surface area contributed by atoms with Crippen molar-refractivity contribution in [1.82, 2.24) is 4.98 Å². The molecule has 0 fully saturated rings. The van der Waals surface area contributed by atoms with Crippen molar-refractivity contribution in [2.45, 2.75) is 0 Å². The average molecular weight is 282 g/mol. The second-order valence-corrected chi connectivity index (χ2v) is 3.76. The molecule has 2 N–H and O–H groups in total. The molecule has 0 aliphatic rings. The van der Waals surface area contributed by atoms with Gasteiger partial charge in [0.2, 0.25) is 0 Å². The first-order valence-electron chi connectivity index (χ1n) is 5.15. The van der Waals surface area contributed by atoms with Crippen molar-refractivity contribution in [3.63, 3.8) is 0 Å². The number of carbonyl (C=O) groups is 1. The maximum atomic E-state index is 12.7. The fraction of sp³-hybridized carbons (Fsp3) is 0.0769. The molecule has 0 aliphatic heterocycles. The van der Waals surface area contributed by atoms with E-state index in [0.717, 1.165) is 0 Å². The Kier molecular flexibility index (Phi) is 5.75. The molecule has 2 rings (SSSR count). The van der Waals surface area contributed by atoms with Crippen LogP contribution in [0, 0.1) is 12.0 Å². The second kappa shape index (κ2) is 7.33. The van der Waals surface area contributed by atoms with Crippen LogP contribution < -0.4 is 10.5 Å². The summed E-state index contributed by atoms with van der Waals surface area (Å²) in [6, 6.07) is 5.83. The van der Waals surface area contributed by atoms with E-state index < -0.39 is 5.82 Å². The van der Waals surface area contributed by atoms with Gasteiger partial charge >= 0.3 is 0 Å². The Labute approximate surface area is 115 Å². The zero-order chi connectivity index (χ0) is 14.3. The summed E-state index contributed by atoms with van der Waals surface area (Å²) in [4.78, 5) is 13.9. The van der Waals surface area contributed by atoms with Gasteiger partial charge in [-0.05, 0) is 18.2 Å². The van der Waals surface area contributed by atoms with Gasteiger partial charge < -0.3 is 10.5 Å². The molecule has 4 nitrogen and oxygen atoms in total. The largest absolute Gasteiger partial charge is 0.496 e. The second-order valence-electron chi connectivity index (χ2n) is 3.33. The number of pyridine rings is 1. The zero-order valence-electron chi connectivity index (χ0n) is 10.1. The van der Waals surface area contributed by atoms with E-state index in [4.69, 9.17) is 22.1 Å². The predicted octanol–water partition coefficient (Wildman–Crippen LogP) is 2.76. The Morgan fingerprint density at radius 1 is 1.53 bits per heavy atom. The third-order valence-electron chi connectivity index (χ3n) is 2.03. The lowest BCUT2D eigenvalue weighted by Crippen LogP contribution is -1.93. The molecule has 1 radical (unpaired) electrons. The van der Waals surface area contributed by atoms with Gasteiger partial charge in [0.25, 0.3) is 0 Å². The normalized spacial score (nSPS) is 9.21. The summed E-state index contributed by atoms with van der Waals surface area (Å²) in [6.45, 7) is 0. The minimum Gasteiger partial charge on any atom is -0.496 e. The first-order chi connectivity index (χ1) is 9.08. The van der Waals surface area contributed by atoms with Crippen LogP contribution in [-0.2, 0) is 0 Å². The molecule has 0 bridgehead atoms. The van der Waals surface area contributed by atoms with Crippen molar-refractivity contribution in [3.05, 3.63) is 53.1 Å². The molecule has 1 heterocycles. The maximum Gasteiger partial charge on any atom is 0.156 e. The number of anilines is 1. The van der Waals surface area contributed by atoms with E-state index in [9.17, 15) is 9.18 Å². The van der Waals surface area contributed by atoms with Crippen LogP contribution in [0.25, 0.3) is 0 Å². The average Bonchev–Trinajstić information content (AvgIpc) is 2.38. The lowest BCUT2D eigenvalue weighted by molar-refractivity contribution is 0.111. The molecule has 0 saturated heterocycles. The highest BCUT2D eigenvalue weighted by Crippen LogP contribution is 2.18. The number of methoxy groups -OCH3 is 1. The van der Waals surface area contributed by atoms with E-state index in [1.807, 2.05) is 0 Å². The highest BCUT2D eigenvalue weighted by atomic mass is 35.5. The van der Waals surface area contributed by atoms with Gasteiger partial charge in [-0.2, -0.15) is 0 Å². The molecule has 0 atom stereocenters. The van der Waals surface area contributed by atoms with Gasteiger partial charge in [-0.25, -0.2) is 4.39 Å². The van der Waals surface area contributed by atoms with Crippen LogP contribution in [0.2, 0.25) is 5.02 Å². The quantitative estimate of drug-likeness (QED) is 0.860. The summed E-state index contributed by atoms with van der Waals surface area (Å²) in [5.41, 5.74) is 5.69. The fourth-order valence-electron chi connectivity index (χ4n) is 1.20. The number of carbonyl (C=O) groups excluding carboxylic acids is 1. The van der Waals surface area contributed by atoms with Gasteiger partial charge in [0.15, 0.2) is 6.29 Å². The number of hydrogen-bond donors (Lipinski definition) is 1. The maximum absolute atomic E-state index is 12.7. The number of benzene rings is 1. The summed E-state index contributed by atoms with van der Waals surface area (Å²) in [5, 5.41) is 0.543. The first-order valence-corrected chi connectivity index (χ1v) is 5.52. The number of nitrogens with zero attached hydrogens (tertiary/aromatic N) is 1. The molecule has 0 unspecified atom stereocenters. The van der Waals surface area contributed by atoms with E-state index in [1.165, 1.54) is 31.5 Å². The van der Waals surface area contributed by atoms with E-state index in [1.54, 1.807) is 6.07 Å². The fourth-order valence-corrected chi connectivity index (χ4v) is 1.36. The molecule has 0 spiro atoms. The van der Waals surface area contributed by atoms with Gasteiger partial charge in [-0.15, -0.1) is 0 Å². The molecule has 0 saturated carbocycles. The van der Waals surface area contributed by atoms with Crippen LogP contribution >= 0.6 is 11.6 Å². The number of rotatable bonds is 2. The number of aromatic nitrogens is 1. The van der Waals surface area contributed by atoms with E-state index in [-0.39, 0.29) is 11.3 Å². The number of nitrogen functional groups attached to an aromatic ring is 1. The van der Waals surface area contributed by atoms with Gasteiger partial charge in [0, 0.05) is 6.20 Å². The van der Waals surface area contributed by atoms with Crippen molar-refractivity contribution >= 4 is 23.6 Å². The number of ether oxygens (including phenoxy) is 1. The van der Waals surface area contributed by atoms with Crippen LogP contribution in [-0.4, -0.2) is 18.4 Å². The van der Waals surface area contributed by atoms with Crippen molar-refractivity contribution in [3.8, 4) is 5.75 Å². The van der Waals surface area contributed by atoms with Gasteiger partial charge in [0.05, 0.1) is 23.4 Å². The Morgan fingerprint density at radius 2 is 2.26 bits per heavy atom. The molecule has 0 amide bonds. The Bertz CT molecular complexity index is 547. The van der Waals surface area contributed by atoms with Crippen molar-refractivity contribution < 1.29 is 13.9 Å². The van der Waals surface area contributed by atoms with Crippen LogP contribution in [0.3, 0.4) is 0 Å².